The number of carbonyl (C=O) groups excluding carboxylic acids is 1. The predicted octanol–water partition coefficient (Wildman–Crippen LogP) is 2.87. The summed E-state index contributed by atoms with van der Waals surface area (Å²) in [5, 5.41) is 0. The van der Waals surface area contributed by atoms with Gasteiger partial charge >= 0.3 is 0 Å². The van der Waals surface area contributed by atoms with Gasteiger partial charge in [-0.25, -0.2) is 0 Å². The molecule has 0 atom stereocenters. The third kappa shape index (κ3) is 1.97. The van der Waals surface area contributed by atoms with Crippen LogP contribution < -0.4 is 0 Å². The van der Waals surface area contributed by atoms with E-state index in [1.54, 1.807) is 0 Å². The molecule has 1 amide bonds. The van der Waals surface area contributed by atoms with Crippen molar-refractivity contribution >= 4 is 5.91 Å². The van der Waals surface area contributed by atoms with Gasteiger partial charge in [-0.1, -0.05) is 18.2 Å². The smallest absolute Gasteiger partial charge is 0.254 e. The highest BCUT2D eigenvalue weighted by Gasteiger charge is 2.29. The van der Waals surface area contributed by atoms with Gasteiger partial charge in [0.1, 0.15) is 0 Å². The minimum atomic E-state index is -0.0888. The van der Waals surface area contributed by atoms with Gasteiger partial charge in [0.15, 0.2) is 0 Å². The van der Waals surface area contributed by atoms with E-state index in [0.717, 1.165) is 24.9 Å². The molecule has 0 bridgehead atoms. The van der Waals surface area contributed by atoms with Crippen molar-refractivity contribution in [2.24, 2.45) is 0 Å². The molecule has 0 aliphatic carbocycles. The molecule has 1 aliphatic rings. The molecule has 0 spiro atoms. The van der Waals surface area contributed by atoms with Gasteiger partial charge in [-0.15, -0.1) is 0 Å². The van der Waals surface area contributed by atoms with Gasteiger partial charge in [0.05, 0.1) is 0 Å². The van der Waals surface area contributed by atoms with E-state index in [0.29, 0.717) is 0 Å². The van der Waals surface area contributed by atoms with E-state index >= 15 is 0 Å². The van der Waals surface area contributed by atoms with Crippen molar-refractivity contribution in [1.82, 2.24) is 4.90 Å². The number of hydrogen-bond donors (Lipinski definition) is 0. The summed E-state index contributed by atoms with van der Waals surface area (Å²) in [6.07, 6.45) is 2.06. The maximum absolute atomic E-state index is 12.4. The molecule has 86 valence electrons. The average molecular weight is 217 g/mol. The zero-order valence-electron chi connectivity index (χ0n) is 10.3. The van der Waals surface area contributed by atoms with Gasteiger partial charge in [-0.2, -0.15) is 0 Å². The van der Waals surface area contributed by atoms with Gasteiger partial charge in [0, 0.05) is 17.6 Å². The van der Waals surface area contributed by atoms with Crippen LogP contribution in [-0.2, 0) is 6.42 Å². The number of carbonyl (C=O) groups is 1. The lowest BCUT2D eigenvalue weighted by Crippen LogP contribution is -2.45. The maximum Gasteiger partial charge on any atom is 0.254 e. The van der Waals surface area contributed by atoms with Crippen LogP contribution in [0.15, 0.2) is 24.3 Å². The molecular weight excluding hydrogens is 198 g/mol. The fraction of sp³-hybridized carbons (Fsp3) is 0.500. The molecule has 0 fully saturated rings. The summed E-state index contributed by atoms with van der Waals surface area (Å²) in [5.41, 5.74) is 1.99. The van der Waals surface area contributed by atoms with Crippen molar-refractivity contribution < 1.29 is 4.79 Å². The number of nitrogens with zero attached hydrogens (tertiary/aromatic N) is 1. The summed E-state index contributed by atoms with van der Waals surface area (Å²) in [6.45, 7) is 7.15. The number of hydrogen-bond acceptors (Lipinski definition) is 1. The summed E-state index contributed by atoms with van der Waals surface area (Å²) in [7, 11) is 0. The Kier molecular flexibility index (Phi) is 2.75. The van der Waals surface area contributed by atoms with Crippen molar-refractivity contribution in [1.29, 1.82) is 0 Å². The Morgan fingerprint density at radius 2 is 1.88 bits per heavy atom. The van der Waals surface area contributed by atoms with Crippen LogP contribution in [0, 0.1) is 0 Å². The summed E-state index contributed by atoms with van der Waals surface area (Å²) in [6, 6.07) is 7.98. The summed E-state index contributed by atoms with van der Waals surface area (Å²) in [5.74, 6) is 0.181. The number of amides is 1. The van der Waals surface area contributed by atoms with Gasteiger partial charge in [0.2, 0.25) is 0 Å². The molecule has 0 saturated carbocycles. The second kappa shape index (κ2) is 3.93. The first-order valence-electron chi connectivity index (χ1n) is 5.90. The largest absolute Gasteiger partial charge is 0.334 e. The highest BCUT2D eigenvalue weighted by molar-refractivity contribution is 5.96. The molecule has 0 unspecified atom stereocenters. The lowest BCUT2D eigenvalue weighted by molar-refractivity contribution is 0.0590. The van der Waals surface area contributed by atoms with E-state index in [9.17, 15) is 4.79 Å². The number of benzene rings is 1. The van der Waals surface area contributed by atoms with Crippen molar-refractivity contribution in [3.05, 3.63) is 35.4 Å². The van der Waals surface area contributed by atoms with E-state index in [1.165, 1.54) is 5.56 Å². The molecule has 0 N–H and O–H groups in total. The minimum absolute atomic E-state index is 0.0888. The lowest BCUT2D eigenvalue weighted by Gasteiger charge is -2.35. The fourth-order valence-corrected chi connectivity index (χ4v) is 2.26. The minimum Gasteiger partial charge on any atom is -0.334 e. The third-order valence-electron chi connectivity index (χ3n) is 3.13. The first-order chi connectivity index (χ1) is 7.50. The van der Waals surface area contributed by atoms with Crippen LogP contribution in [0.5, 0.6) is 0 Å². The average Bonchev–Trinajstić information content (AvgIpc) is 2.38. The highest BCUT2D eigenvalue weighted by Crippen LogP contribution is 2.24. The zero-order chi connectivity index (χ0) is 11.8. The molecule has 2 nitrogen and oxygen atoms in total. The molecular formula is C14H19NO. The first kappa shape index (κ1) is 11.2. The van der Waals surface area contributed by atoms with E-state index in [1.807, 2.05) is 23.1 Å². The third-order valence-corrected chi connectivity index (χ3v) is 3.13. The fourth-order valence-electron chi connectivity index (χ4n) is 2.26. The van der Waals surface area contributed by atoms with Crippen molar-refractivity contribution in [2.75, 3.05) is 6.54 Å². The molecule has 2 heteroatoms. The Hall–Kier alpha value is -1.31. The van der Waals surface area contributed by atoms with Gasteiger partial charge in [-0.05, 0) is 45.2 Å². The van der Waals surface area contributed by atoms with E-state index in [-0.39, 0.29) is 11.4 Å². The Morgan fingerprint density at radius 1 is 1.19 bits per heavy atom. The number of rotatable bonds is 0. The van der Waals surface area contributed by atoms with E-state index in [2.05, 4.69) is 26.8 Å². The Morgan fingerprint density at radius 3 is 2.56 bits per heavy atom. The van der Waals surface area contributed by atoms with Crippen molar-refractivity contribution in [3.8, 4) is 0 Å². The summed E-state index contributed by atoms with van der Waals surface area (Å²) >= 11 is 0. The SMILES string of the molecule is CC(C)(C)N1CCCc2ccccc2C1=O. The molecule has 1 heterocycles. The van der Waals surface area contributed by atoms with E-state index < -0.39 is 0 Å². The molecule has 1 aromatic carbocycles. The standard InChI is InChI=1S/C14H19NO/c1-14(2,3)15-10-6-8-11-7-4-5-9-12(11)13(15)16/h4-5,7,9H,6,8,10H2,1-3H3. The van der Waals surface area contributed by atoms with Gasteiger partial charge in [-0.3, -0.25) is 4.79 Å². The Bertz CT molecular complexity index is 403. The molecule has 2 rings (SSSR count). The molecule has 0 radical (unpaired) electrons. The first-order valence-corrected chi connectivity index (χ1v) is 5.90. The van der Waals surface area contributed by atoms with Crippen molar-refractivity contribution in [2.45, 2.75) is 39.2 Å². The van der Waals surface area contributed by atoms with E-state index in [4.69, 9.17) is 0 Å². The second-order valence-corrected chi connectivity index (χ2v) is 5.39. The number of aryl methyl sites for hydroxylation is 1. The zero-order valence-corrected chi connectivity index (χ0v) is 10.3. The van der Waals surface area contributed by atoms with Crippen LogP contribution >= 0.6 is 0 Å². The van der Waals surface area contributed by atoms with Crippen LogP contribution in [0.4, 0.5) is 0 Å². The normalized spacial score (nSPS) is 16.9. The lowest BCUT2D eigenvalue weighted by atomic mass is 10.0. The Balaban J connectivity index is 2.41. The second-order valence-electron chi connectivity index (χ2n) is 5.39. The topological polar surface area (TPSA) is 20.3 Å². The monoisotopic (exact) mass is 217 g/mol. The Labute approximate surface area is 97.3 Å². The maximum atomic E-state index is 12.4. The highest BCUT2D eigenvalue weighted by atomic mass is 16.2. The van der Waals surface area contributed by atoms with Crippen LogP contribution in [-0.4, -0.2) is 22.9 Å². The van der Waals surface area contributed by atoms with Gasteiger partial charge < -0.3 is 4.90 Å². The summed E-state index contributed by atoms with van der Waals surface area (Å²) in [4.78, 5) is 14.4. The van der Waals surface area contributed by atoms with Crippen LogP contribution in [0.2, 0.25) is 0 Å². The predicted molar refractivity (Wildman–Crippen MR) is 65.6 cm³/mol. The van der Waals surface area contributed by atoms with Crippen LogP contribution in [0.25, 0.3) is 0 Å². The number of fused-ring (bicyclic) bond motifs is 1. The van der Waals surface area contributed by atoms with Crippen LogP contribution in [0.1, 0.15) is 43.1 Å². The molecule has 0 aromatic heterocycles. The summed E-state index contributed by atoms with van der Waals surface area (Å²) < 4.78 is 0. The van der Waals surface area contributed by atoms with Crippen LogP contribution in [0.3, 0.4) is 0 Å². The molecule has 16 heavy (non-hydrogen) atoms. The molecule has 1 aliphatic heterocycles. The van der Waals surface area contributed by atoms with Gasteiger partial charge in [0.25, 0.3) is 5.91 Å². The quantitative estimate of drug-likeness (QED) is 0.654. The van der Waals surface area contributed by atoms with Crippen molar-refractivity contribution in [3.63, 3.8) is 0 Å². The molecule has 1 aromatic rings. The molecule has 0 saturated heterocycles.